The number of fused-ring (bicyclic) bond motifs is 1. The molecule has 4 saturated heterocycles. The summed E-state index contributed by atoms with van der Waals surface area (Å²) in [5.41, 5.74) is 1.54. The molecule has 5 rings (SSSR count). The number of pyridine rings is 1. The summed E-state index contributed by atoms with van der Waals surface area (Å²) >= 11 is 0. The molecule has 0 aromatic carbocycles. The van der Waals surface area contributed by atoms with Crippen LogP contribution in [0.3, 0.4) is 0 Å². The number of rotatable bonds is 2. The zero-order chi connectivity index (χ0) is 22.5. The summed E-state index contributed by atoms with van der Waals surface area (Å²) in [7, 11) is 0. The fourth-order valence-corrected chi connectivity index (χ4v) is 4.98. The third-order valence-electron chi connectivity index (χ3n) is 6.95. The molecule has 1 N–H and O–H groups in total. The van der Waals surface area contributed by atoms with Crippen molar-refractivity contribution in [2.24, 2.45) is 5.92 Å². The Bertz CT molecular complexity index is 874. The molecule has 1 aromatic rings. The summed E-state index contributed by atoms with van der Waals surface area (Å²) in [4.78, 5) is 34.1. The fourth-order valence-electron chi connectivity index (χ4n) is 4.98. The van der Waals surface area contributed by atoms with Crippen molar-refractivity contribution < 1.29 is 27.5 Å². The van der Waals surface area contributed by atoms with Gasteiger partial charge in [0.05, 0.1) is 29.9 Å². The van der Waals surface area contributed by atoms with Gasteiger partial charge in [-0.2, -0.15) is 13.2 Å². The van der Waals surface area contributed by atoms with Crippen molar-refractivity contribution in [2.75, 3.05) is 50.8 Å². The minimum atomic E-state index is -4.16. The number of halogens is 3. The maximum atomic E-state index is 12.9. The molecular weight excluding hydrogens is 427 g/mol. The lowest BCUT2D eigenvalue weighted by atomic mass is 9.95. The Morgan fingerprint density at radius 1 is 1.09 bits per heavy atom. The first-order chi connectivity index (χ1) is 15.3. The van der Waals surface area contributed by atoms with E-state index in [0.717, 1.165) is 5.69 Å². The summed E-state index contributed by atoms with van der Waals surface area (Å²) in [5.74, 6) is -1.32. The molecule has 0 unspecified atom stereocenters. The lowest BCUT2D eigenvalue weighted by molar-refractivity contribution is -0.168. The van der Waals surface area contributed by atoms with Gasteiger partial charge in [-0.25, -0.2) is 4.79 Å². The minimum Gasteiger partial charge on any atom is -0.370 e. The molecule has 4 fully saturated rings. The van der Waals surface area contributed by atoms with E-state index in [9.17, 15) is 22.8 Å². The SMILES string of the molecule is O=C1CO[C@H]2CCN(C(=O)N3CC(c4ccc(N5CC[C@@H](C(F)(F)F)C5)cn4)C3)C[C@H]2N1. The number of carbonyl (C=O) groups excluding carboxylic acids is 2. The van der Waals surface area contributed by atoms with Crippen molar-refractivity contribution in [3.8, 4) is 0 Å². The van der Waals surface area contributed by atoms with Crippen LogP contribution in [0.25, 0.3) is 0 Å². The highest BCUT2D eigenvalue weighted by atomic mass is 19.4. The van der Waals surface area contributed by atoms with Crippen LogP contribution in [0.1, 0.15) is 24.5 Å². The summed E-state index contributed by atoms with van der Waals surface area (Å²) in [6.07, 6.45) is -1.75. The highest BCUT2D eigenvalue weighted by Crippen LogP contribution is 2.36. The van der Waals surface area contributed by atoms with Gasteiger partial charge in [-0.1, -0.05) is 0 Å². The van der Waals surface area contributed by atoms with Gasteiger partial charge in [0.1, 0.15) is 6.61 Å². The molecule has 3 atom stereocenters. The third-order valence-corrected chi connectivity index (χ3v) is 6.95. The molecule has 3 amide bonds. The number of carbonyl (C=O) groups is 2. The van der Waals surface area contributed by atoms with Crippen molar-refractivity contribution in [2.45, 2.75) is 37.1 Å². The Morgan fingerprint density at radius 3 is 2.59 bits per heavy atom. The van der Waals surface area contributed by atoms with Crippen molar-refractivity contribution in [3.63, 3.8) is 0 Å². The molecule has 32 heavy (non-hydrogen) atoms. The predicted octanol–water partition coefficient (Wildman–Crippen LogP) is 1.58. The van der Waals surface area contributed by atoms with E-state index in [1.54, 1.807) is 20.9 Å². The van der Waals surface area contributed by atoms with E-state index in [4.69, 9.17) is 4.74 Å². The van der Waals surface area contributed by atoms with E-state index in [0.29, 0.717) is 44.8 Å². The maximum absolute atomic E-state index is 12.9. The van der Waals surface area contributed by atoms with E-state index >= 15 is 0 Å². The molecule has 4 aliphatic heterocycles. The number of urea groups is 1. The van der Waals surface area contributed by atoms with Crippen LogP contribution < -0.4 is 10.2 Å². The third kappa shape index (κ3) is 4.10. The Hall–Kier alpha value is -2.56. The summed E-state index contributed by atoms with van der Waals surface area (Å²) in [5, 5.41) is 2.90. The molecule has 0 radical (unpaired) electrons. The van der Waals surface area contributed by atoms with Gasteiger partial charge in [0.15, 0.2) is 0 Å². The molecule has 0 spiro atoms. The van der Waals surface area contributed by atoms with Crippen molar-refractivity contribution in [3.05, 3.63) is 24.0 Å². The number of likely N-dealkylation sites (tertiary alicyclic amines) is 2. The van der Waals surface area contributed by atoms with Crippen LogP contribution in [-0.2, 0) is 9.53 Å². The normalized spacial score (nSPS) is 28.9. The Balaban J connectivity index is 1.12. The molecule has 0 bridgehead atoms. The maximum Gasteiger partial charge on any atom is 0.393 e. The van der Waals surface area contributed by atoms with Gasteiger partial charge in [-0.05, 0) is 25.0 Å². The molecule has 11 heteroatoms. The summed E-state index contributed by atoms with van der Waals surface area (Å²) < 4.78 is 44.3. The minimum absolute atomic E-state index is 0.0284. The van der Waals surface area contributed by atoms with Gasteiger partial charge in [-0.15, -0.1) is 0 Å². The number of ether oxygens (including phenoxy) is 1. The van der Waals surface area contributed by atoms with Crippen molar-refractivity contribution in [1.29, 1.82) is 0 Å². The lowest BCUT2D eigenvalue weighted by Gasteiger charge is -2.46. The fraction of sp³-hybridized carbons (Fsp3) is 0.667. The average molecular weight is 453 g/mol. The van der Waals surface area contributed by atoms with E-state index in [2.05, 4.69) is 10.3 Å². The Kier molecular flexibility index (Phi) is 5.39. The van der Waals surface area contributed by atoms with Crippen LogP contribution >= 0.6 is 0 Å². The topological polar surface area (TPSA) is 78.0 Å². The number of hydrogen-bond donors (Lipinski definition) is 1. The van der Waals surface area contributed by atoms with Crippen molar-refractivity contribution >= 4 is 17.6 Å². The van der Waals surface area contributed by atoms with Crippen molar-refractivity contribution in [1.82, 2.24) is 20.1 Å². The number of nitrogens with zero attached hydrogens (tertiary/aromatic N) is 4. The van der Waals surface area contributed by atoms with E-state index in [1.165, 1.54) is 0 Å². The second kappa shape index (κ2) is 8.09. The first-order valence-electron chi connectivity index (χ1n) is 11.0. The number of hydrogen-bond acceptors (Lipinski definition) is 5. The van der Waals surface area contributed by atoms with E-state index in [-0.39, 0.29) is 49.6 Å². The van der Waals surface area contributed by atoms with Crippen LogP contribution in [0.5, 0.6) is 0 Å². The zero-order valence-corrected chi connectivity index (χ0v) is 17.6. The molecule has 0 aliphatic carbocycles. The summed E-state index contributed by atoms with van der Waals surface area (Å²) in [6.45, 7) is 2.57. The Morgan fingerprint density at radius 2 is 1.91 bits per heavy atom. The molecular formula is C21H26F3N5O3. The van der Waals surface area contributed by atoms with Gasteiger partial charge in [0, 0.05) is 50.9 Å². The van der Waals surface area contributed by atoms with E-state index < -0.39 is 12.1 Å². The number of anilines is 1. The first kappa shape index (κ1) is 21.3. The summed E-state index contributed by atoms with van der Waals surface area (Å²) in [6, 6.07) is 3.46. The zero-order valence-electron chi connectivity index (χ0n) is 17.6. The molecule has 174 valence electrons. The number of aromatic nitrogens is 1. The van der Waals surface area contributed by atoms with Crippen LogP contribution in [0, 0.1) is 5.92 Å². The standard InChI is InChI=1S/C21H26F3N5O3/c22-21(23,24)14-3-5-27(10-14)15-1-2-16(25-7-15)13-8-29(9-13)20(31)28-6-4-18-17(11-28)26-19(30)12-32-18/h1-2,7,13-14,17-18H,3-6,8-12H2,(H,26,30)/t14-,17-,18+/m1/s1. The first-order valence-corrected chi connectivity index (χ1v) is 11.0. The number of piperidine rings is 1. The van der Waals surface area contributed by atoms with E-state index in [1.807, 2.05) is 12.1 Å². The number of nitrogens with one attached hydrogen (secondary N) is 1. The van der Waals surface area contributed by atoms with Crippen LogP contribution in [0.4, 0.5) is 23.7 Å². The highest BCUT2D eigenvalue weighted by Gasteiger charge is 2.44. The lowest BCUT2D eigenvalue weighted by Crippen LogP contribution is -2.63. The second-order valence-electron chi connectivity index (χ2n) is 9.06. The predicted molar refractivity (Wildman–Crippen MR) is 108 cm³/mol. The number of alkyl halides is 3. The van der Waals surface area contributed by atoms with Gasteiger partial charge in [0.2, 0.25) is 5.91 Å². The van der Waals surface area contributed by atoms with Gasteiger partial charge >= 0.3 is 12.2 Å². The quantitative estimate of drug-likeness (QED) is 0.736. The highest BCUT2D eigenvalue weighted by molar-refractivity contribution is 5.79. The Labute approximate surface area is 183 Å². The molecule has 0 saturated carbocycles. The molecule has 4 aliphatic rings. The molecule has 8 nitrogen and oxygen atoms in total. The van der Waals surface area contributed by atoms with Gasteiger partial charge in [0.25, 0.3) is 0 Å². The average Bonchev–Trinajstić information content (AvgIpc) is 3.23. The van der Waals surface area contributed by atoms with Crippen LogP contribution in [0.2, 0.25) is 0 Å². The van der Waals surface area contributed by atoms with Crippen LogP contribution in [-0.4, -0.2) is 90.9 Å². The number of amides is 3. The smallest absolute Gasteiger partial charge is 0.370 e. The molecule has 5 heterocycles. The largest absolute Gasteiger partial charge is 0.393 e. The molecule has 1 aromatic heterocycles. The van der Waals surface area contributed by atoms with Crippen LogP contribution in [0.15, 0.2) is 18.3 Å². The van der Waals surface area contributed by atoms with Gasteiger partial charge in [-0.3, -0.25) is 9.78 Å². The van der Waals surface area contributed by atoms with Gasteiger partial charge < -0.3 is 24.8 Å². The monoisotopic (exact) mass is 453 g/mol. The number of morpholine rings is 1. The second-order valence-corrected chi connectivity index (χ2v) is 9.06.